The molecule has 1 aromatic rings. The van der Waals surface area contributed by atoms with Crippen LogP contribution in [-0.2, 0) is 6.54 Å². The van der Waals surface area contributed by atoms with Crippen molar-refractivity contribution in [3.63, 3.8) is 0 Å². The molecule has 1 N–H and O–H groups in total. The molecule has 0 aromatic carbocycles. The van der Waals surface area contributed by atoms with Gasteiger partial charge in [0.15, 0.2) is 0 Å². The number of rotatable bonds is 6. The van der Waals surface area contributed by atoms with E-state index in [1.54, 1.807) is 0 Å². The summed E-state index contributed by atoms with van der Waals surface area (Å²) in [7, 11) is 4.39. The predicted octanol–water partition coefficient (Wildman–Crippen LogP) is 2.03. The van der Waals surface area contributed by atoms with Gasteiger partial charge in [-0.2, -0.15) is 0 Å². The monoisotopic (exact) mass is 281 g/mol. The molecule has 1 aliphatic heterocycles. The number of aryl methyl sites for hydroxylation is 1. The molecule has 0 saturated carbocycles. The first-order valence-corrected chi connectivity index (χ1v) is 8.08. The molecule has 0 amide bonds. The highest BCUT2D eigenvalue weighted by Crippen LogP contribution is 2.19. The summed E-state index contributed by atoms with van der Waals surface area (Å²) in [5.41, 5.74) is 1.42. The van der Waals surface area contributed by atoms with Crippen LogP contribution >= 0.6 is 11.3 Å². The Morgan fingerprint density at radius 2 is 2.21 bits per heavy atom. The molecule has 0 aliphatic carbocycles. The summed E-state index contributed by atoms with van der Waals surface area (Å²) < 4.78 is 0. The normalized spacial score (nSPS) is 24.5. The van der Waals surface area contributed by atoms with Gasteiger partial charge in [-0.15, -0.1) is 11.3 Å². The van der Waals surface area contributed by atoms with Crippen LogP contribution in [0, 0.1) is 12.8 Å². The van der Waals surface area contributed by atoms with Gasteiger partial charge >= 0.3 is 0 Å². The van der Waals surface area contributed by atoms with E-state index >= 15 is 0 Å². The van der Waals surface area contributed by atoms with Gasteiger partial charge in [-0.05, 0) is 43.9 Å². The van der Waals surface area contributed by atoms with Crippen molar-refractivity contribution in [1.82, 2.24) is 15.1 Å². The third-order valence-electron chi connectivity index (χ3n) is 4.17. The third-order valence-corrected chi connectivity index (χ3v) is 5.19. The number of nitrogens with one attached hydrogen (secondary N) is 1. The summed E-state index contributed by atoms with van der Waals surface area (Å²) in [5, 5.41) is 5.75. The number of hydrogen-bond acceptors (Lipinski definition) is 4. The fraction of sp³-hybridized carbons (Fsp3) is 0.733. The topological polar surface area (TPSA) is 18.5 Å². The van der Waals surface area contributed by atoms with E-state index in [-0.39, 0.29) is 0 Å². The van der Waals surface area contributed by atoms with Crippen LogP contribution in [0.25, 0.3) is 0 Å². The lowest BCUT2D eigenvalue weighted by Crippen LogP contribution is -2.35. The minimum atomic E-state index is 0.722. The first kappa shape index (κ1) is 15.0. The lowest BCUT2D eigenvalue weighted by Gasteiger charge is -2.22. The second-order valence-electron chi connectivity index (χ2n) is 5.97. The highest BCUT2D eigenvalue weighted by atomic mass is 32.1. The maximum Gasteiger partial charge on any atom is 0.0302 e. The largest absolute Gasteiger partial charge is 0.311 e. The van der Waals surface area contributed by atoms with E-state index in [9.17, 15) is 0 Å². The SMILES string of the molecule is Cc1ccsc1CNCCN1CC(C)C(N(C)C)C1. The Bertz CT molecular complexity index is 388. The molecule has 0 spiro atoms. The molecule has 4 heteroatoms. The first-order valence-electron chi connectivity index (χ1n) is 7.20. The van der Waals surface area contributed by atoms with Crippen molar-refractivity contribution in [1.29, 1.82) is 0 Å². The van der Waals surface area contributed by atoms with Crippen molar-refractivity contribution in [2.24, 2.45) is 5.92 Å². The molecule has 2 unspecified atom stereocenters. The smallest absolute Gasteiger partial charge is 0.0302 e. The predicted molar refractivity (Wildman–Crippen MR) is 83.8 cm³/mol. The maximum absolute atomic E-state index is 3.57. The van der Waals surface area contributed by atoms with Gasteiger partial charge < -0.3 is 15.1 Å². The summed E-state index contributed by atoms with van der Waals surface area (Å²) >= 11 is 1.85. The Morgan fingerprint density at radius 3 is 2.79 bits per heavy atom. The minimum Gasteiger partial charge on any atom is -0.311 e. The zero-order chi connectivity index (χ0) is 13.8. The average molecular weight is 281 g/mol. The molecule has 2 atom stereocenters. The third kappa shape index (κ3) is 4.02. The summed E-state index contributed by atoms with van der Waals surface area (Å²) in [6.45, 7) is 10.3. The lowest BCUT2D eigenvalue weighted by atomic mass is 10.1. The number of hydrogen-bond donors (Lipinski definition) is 1. The van der Waals surface area contributed by atoms with Crippen molar-refractivity contribution in [2.75, 3.05) is 40.3 Å². The van der Waals surface area contributed by atoms with Gasteiger partial charge in [-0.3, -0.25) is 0 Å². The van der Waals surface area contributed by atoms with E-state index in [0.29, 0.717) is 0 Å². The molecule has 2 heterocycles. The molecule has 1 aliphatic rings. The van der Waals surface area contributed by atoms with E-state index in [1.807, 2.05) is 11.3 Å². The van der Waals surface area contributed by atoms with Crippen molar-refractivity contribution in [2.45, 2.75) is 26.4 Å². The van der Waals surface area contributed by atoms with Crippen molar-refractivity contribution in [3.8, 4) is 0 Å². The zero-order valence-corrected chi connectivity index (χ0v) is 13.5. The highest BCUT2D eigenvalue weighted by molar-refractivity contribution is 7.10. The fourth-order valence-corrected chi connectivity index (χ4v) is 3.80. The van der Waals surface area contributed by atoms with E-state index in [0.717, 1.165) is 25.0 Å². The van der Waals surface area contributed by atoms with Gasteiger partial charge in [0, 0.05) is 43.6 Å². The molecule has 1 aromatic heterocycles. The van der Waals surface area contributed by atoms with E-state index in [4.69, 9.17) is 0 Å². The standard InChI is InChI=1S/C15H27N3S/c1-12-5-8-19-15(12)9-16-6-7-18-10-13(2)14(11-18)17(3)4/h5,8,13-14,16H,6-7,9-11H2,1-4H3. The van der Waals surface area contributed by atoms with Crippen LogP contribution in [0.15, 0.2) is 11.4 Å². The van der Waals surface area contributed by atoms with Crippen molar-refractivity contribution in [3.05, 3.63) is 21.9 Å². The van der Waals surface area contributed by atoms with Gasteiger partial charge in [-0.25, -0.2) is 0 Å². The minimum absolute atomic E-state index is 0.722. The van der Waals surface area contributed by atoms with Gasteiger partial charge in [0.2, 0.25) is 0 Å². The highest BCUT2D eigenvalue weighted by Gasteiger charge is 2.30. The lowest BCUT2D eigenvalue weighted by molar-refractivity contribution is 0.252. The second kappa shape index (κ2) is 6.84. The Kier molecular flexibility index (Phi) is 5.39. The summed E-state index contributed by atoms with van der Waals surface area (Å²) in [6.07, 6.45) is 0. The molecule has 1 saturated heterocycles. The number of likely N-dealkylation sites (tertiary alicyclic amines) is 1. The second-order valence-corrected chi connectivity index (χ2v) is 6.97. The van der Waals surface area contributed by atoms with E-state index in [2.05, 4.69) is 54.5 Å². The van der Waals surface area contributed by atoms with Gasteiger partial charge in [0.05, 0.1) is 0 Å². The molecule has 0 bridgehead atoms. The van der Waals surface area contributed by atoms with Crippen LogP contribution in [0.4, 0.5) is 0 Å². The zero-order valence-electron chi connectivity index (χ0n) is 12.6. The van der Waals surface area contributed by atoms with Crippen LogP contribution in [0.3, 0.4) is 0 Å². The van der Waals surface area contributed by atoms with Crippen LogP contribution in [-0.4, -0.2) is 56.1 Å². The van der Waals surface area contributed by atoms with Gasteiger partial charge in [0.1, 0.15) is 0 Å². The Hall–Kier alpha value is -0.420. The molecular weight excluding hydrogens is 254 g/mol. The molecule has 19 heavy (non-hydrogen) atoms. The fourth-order valence-electron chi connectivity index (χ4n) is 2.93. The van der Waals surface area contributed by atoms with Crippen molar-refractivity contribution < 1.29 is 0 Å². The van der Waals surface area contributed by atoms with Crippen LogP contribution in [0.5, 0.6) is 0 Å². The molecule has 108 valence electrons. The number of likely N-dealkylation sites (N-methyl/N-ethyl adjacent to an activating group) is 1. The molecule has 1 fully saturated rings. The number of nitrogens with zero attached hydrogens (tertiary/aromatic N) is 2. The Labute approximate surface area is 121 Å². The molecule has 2 rings (SSSR count). The Morgan fingerprint density at radius 1 is 1.42 bits per heavy atom. The van der Waals surface area contributed by atoms with Crippen molar-refractivity contribution >= 4 is 11.3 Å². The average Bonchev–Trinajstić information content (AvgIpc) is 2.91. The first-order chi connectivity index (χ1) is 9.08. The van der Waals surface area contributed by atoms with Gasteiger partial charge in [-0.1, -0.05) is 6.92 Å². The summed E-state index contributed by atoms with van der Waals surface area (Å²) in [6, 6.07) is 2.92. The summed E-state index contributed by atoms with van der Waals surface area (Å²) in [4.78, 5) is 6.43. The quantitative estimate of drug-likeness (QED) is 0.805. The van der Waals surface area contributed by atoms with Crippen LogP contribution in [0.1, 0.15) is 17.4 Å². The Balaban J connectivity index is 1.66. The maximum atomic E-state index is 3.57. The van der Waals surface area contributed by atoms with E-state index < -0.39 is 0 Å². The van der Waals surface area contributed by atoms with Crippen LogP contribution in [0.2, 0.25) is 0 Å². The summed E-state index contributed by atoms with van der Waals surface area (Å²) in [5.74, 6) is 0.787. The molecule has 3 nitrogen and oxygen atoms in total. The van der Waals surface area contributed by atoms with Gasteiger partial charge in [0.25, 0.3) is 0 Å². The van der Waals surface area contributed by atoms with E-state index in [1.165, 1.54) is 30.1 Å². The molecule has 0 radical (unpaired) electrons. The molecular formula is C15H27N3S. The van der Waals surface area contributed by atoms with Crippen LogP contribution < -0.4 is 5.32 Å². The number of thiophene rings is 1.